The Morgan fingerprint density at radius 3 is 2.35 bits per heavy atom. The van der Waals surface area contributed by atoms with Gasteiger partial charge in [-0.1, -0.05) is 106 Å². The maximum atomic E-state index is 13.2. The Kier molecular flexibility index (Phi) is 11.7. The Hall–Kier alpha value is -3.75. The molecule has 2 atom stereocenters. The molecule has 2 fully saturated rings. The van der Waals surface area contributed by atoms with E-state index in [1.807, 2.05) is 0 Å². The number of benzene rings is 3. The van der Waals surface area contributed by atoms with Gasteiger partial charge in [-0.25, -0.2) is 0 Å². The van der Waals surface area contributed by atoms with E-state index in [0.717, 1.165) is 63.7 Å². The van der Waals surface area contributed by atoms with E-state index in [4.69, 9.17) is 5.73 Å². The molecule has 3 aromatic carbocycles. The predicted molar refractivity (Wildman–Crippen MR) is 194 cm³/mol. The van der Waals surface area contributed by atoms with E-state index in [1.54, 1.807) is 6.07 Å². The normalized spacial score (nSPS) is 20.5. The molecule has 2 aliphatic heterocycles. The molecule has 6 rings (SSSR count). The lowest BCUT2D eigenvalue weighted by Gasteiger charge is -2.27. The van der Waals surface area contributed by atoms with E-state index < -0.39 is 11.7 Å². The van der Waals surface area contributed by atoms with Gasteiger partial charge in [0.25, 0.3) is 0 Å². The third-order valence-corrected chi connectivity index (χ3v) is 11.0. The summed E-state index contributed by atoms with van der Waals surface area (Å²) in [5.41, 5.74) is 7.59. The molecule has 0 spiro atoms. The first-order chi connectivity index (χ1) is 23.7. The Labute approximate surface area is 290 Å². The summed E-state index contributed by atoms with van der Waals surface area (Å²) in [6.07, 6.45) is 10.6. The highest BCUT2D eigenvalue weighted by Crippen LogP contribution is 2.31. The summed E-state index contributed by atoms with van der Waals surface area (Å²) in [5, 5.41) is 11.7. The van der Waals surface area contributed by atoms with Crippen LogP contribution in [0.25, 0.3) is 10.8 Å². The maximum absolute atomic E-state index is 13.2. The average Bonchev–Trinajstić information content (AvgIpc) is 3.60. The third-order valence-electron chi connectivity index (χ3n) is 11.0. The standard InChI is InChI=1S/C40H53F3N6/c41-40(42,43)35-17-10-14-31(26-35)21-24-48-36(28-46-38(48)44)18-7-8-22-47-29-37(27-32-19-20-33-15-4-5-16-34(33)25-32)49(39(47)45)23-9-6-13-30-11-2-1-3-12-30/h4-5,10,14-17,19-20,25-26,30,36-37,45H,1-3,6-9,11-13,18,21-24,27-29H2,(H2,44,46)/t36-,37+/m0/s1. The summed E-state index contributed by atoms with van der Waals surface area (Å²) in [6.45, 7) is 3.83. The van der Waals surface area contributed by atoms with Gasteiger partial charge in [0.05, 0.1) is 24.2 Å². The van der Waals surface area contributed by atoms with Crippen LogP contribution in [0.5, 0.6) is 0 Å². The fraction of sp³-hybridized carbons (Fsp3) is 0.550. The van der Waals surface area contributed by atoms with Crippen molar-refractivity contribution in [2.75, 3.05) is 32.7 Å². The number of nitrogens with two attached hydrogens (primary N) is 1. The van der Waals surface area contributed by atoms with Crippen molar-refractivity contribution in [3.8, 4) is 0 Å². The van der Waals surface area contributed by atoms with Crippen LogP contribution in [0.1, 0.15) is 87.3 Å². The number of alkyl halides is 3. The van der Waals surface area contributed by atoms with Gasteiger partial charge >= 0.3 is 6.18 Å². The number of guanidine groups is 2. The van der Waals surface area contributed by atoms with Gasteiger partial charge in [0.1, 0.15) is 0 Å². The molecule has 3 aromatic rings. The van der Waals surface area contributed by atoms with Crippen LogP contribution in [0.3, 0.4) is 0 Å². The first kappa shape index (κ1) is 35.1. The van der Waals surface area contributed by atoms with Crippen molar-refractivity contribution in [3.63, 3.8) is 0 Å². The lowest BCUT2D eigenvalue weighted by Crippen LogP contribution is -2.42. The number of unbranched alkanes of at least 4 members (excludes halogenated alkanes) is 2. The smallest absolute Gasteiger partial charge is 0.370 e. The SMILES string of the molecule is N=C1N(CCCC[C@H]2CN=C(N)N2CCc2cccc(C(F)(F)F)c2)C[C@@H](Cc2ccc3ccccc3c2)N1CCCCC1CCCCC1. The van der Waals surface area contributed by atoms with Crippen molar-refractivity contribution >= 4 is 22.7 Å². The number of aliphatic imine (C=N–C) groups is 1. The van der Waals surface area contributed by atoms with Gasteiger partial charge in [-0.3, -0.25) is 10.4 Å². The number of hydrogen-bond acceptors (Lipinski definition) is 4. The Bertz CT molecular complexity index is 1560. The Balaban J connectivity index is 1.01. The van der Waals surface area contributed by atoms with Gasteiger partial charge in [-0.15, -0.1) is 0 Å². The van der Waals surface area contributed by atoms with Crippen LogP contribution in [-0.4, -0.2) is 71.4 Å². The van der Waals surface area contributed by atoms with E-state index in [1.165, 1.54) is 73.4 Å². The Morgan fingerprint density at radius 1 is 0.755 bits per heavy atom. The highest BCUT2D eigenvalue weighted by molar-refractivity contribution is 5.83. The maximum Gasteiger partial charge on any atom is 0.416 e. The summed E-state index contributed by atoms with van der Waals surface area (Å²) in [5.74, 6) is 2.04. The minimum absolute atomic E-state index is 0.158. The monoisotopic (exact) mass is 674 g/mol. The van der Waals surface area contributed by atoms with Crippen LogP contribution in [-0.2, 0) is 19.0 Å². The first-order valence-electron chi connectivity index (χ1n) is 18.5. The van der Waals surface area contributed by atoms with Gasteiger partial charge in [0.15, 0.2) is 11.9 Å². The molecule has 264 valence electrons. The van der Waals surface area contributed by atoms with E-state index in [9.17, 15) is 18.6 Å². The molecule has 9 heteroatoms. The fourth-order valence-corrected chi connectivity index (χ4v) is 8.24. The number of hydrogen-bond donors (Lipinski definition) is 2. The van der Waals surface area contributed by atoms with Crippen LogP contribution >= 0.6 is 0 Å². The van der Waals surface area contributed by atoms with Crippen molar-refractivity contribution in [3.05, 3.63) is 83.4 Å². The van der Waals surface area contributed by atoms with E-state index in [2.05, 4.69) is 62.2 Å². The topological polar surface area (TPSA) is 71.9 Å². The van der Waals surface area contributed by atoms with E-state index in [0.29, 0.717) is 37.0 Å². The summed E-state index contributed by atoms with van der Waals surface area (Å²) in [7, 11) is 0. The lowest BCUT2D eigenvalue weighted by atomic mass is 9.86. The summed E-state index contributed by atoms with van der Waals surface area (Å²) < 4.78 is 39.6. The molecule has 1 aliphatic carbocycles. The van der Waals surface area contributed by atoms with E-state index in [-0.39, 0.29) is 12.1 Å². The summed E-state index contributed by atoms with van der Waals surface area (Å²) >= 11 is 0. The molecule has 1 saturated heterocycles. The van der Waals surface area contributed by atoms with Crippen LogP contribution in [0, 0.1) is 11.3 Å². The molecule has 1 saturated carbocycles. The van der Waals surface area contributed by atoms with Crippen LogP contribution in [0.2, 0.25) is 0 Å². The minimum atomic E-state index is -4.35. The molecular formula is C40H53F3N6. The largest absolute Gasteiger partial charge is 0.416 e. The van der Waals surface area contributed by atoms with Gasteiger partial charge in [-0.2, -0.15) is 13.2 Å². The van der Waals surface area contributed by atoms with Crippen molar-refractivity contribution in [2.24, 2.45) is 16.6 Å². The molecular weight excluding hydrogens is 621 g/mol. The quantitative estimate of drug-likeness (QED) is 0.159. The highest BCUT2D eigenvalue weighted by Gasteiger charge is 2.34. The van der Waals surface area contributed by atoms with Crippen LogP contribution in [0.15, 0.2) is 71.7 Å². The molecule has 0 amide bonds. The molecule has 3 aliphatic rings. The molecule has 49 heavy (non-hydrogen) atoms. The lowest BCUT2D eigenvalue weighted by molar-refractivity contribution is -0.137. The number of nitrogens with zero attached hydrogens (tertiary/aromatic N) is 4. The minimum Gasteiger partial charge on any atom is -0.370 e. The zero-order chi connectivity index (χ0) is 34.2. The van der Waals surface area contributed by atoms with Gasteiger partial charge in [0.2, 0.25) is 0 Å². The molecule has 3 N–H and O–H groups in total. The highest BCUT2D eigenvalue weighted by atomic mass is 19.4. The van der Waals surface area contributed by atoms with Crippen molar-refractivity contribution in [2.45, 2.75) is 102 Å². The predicted octanol–water partition coefficient (Wildman–Crippen LogP) is 8.48. The summed E-state index contributed by atoms with van der Waals surface area (Å²) in [6, 6.07) is 21.3. The average molecular weight is 675 g/mol. The third kappa shape index (κ3) is 9.28. The molecule has 0 aromatic heterocycles. The zero-order valence-electron chi connectivity index (χ0n) is 28.8. The summed E-state index contributed by atoms with van der Waals surface area (Å²) in [4.78, 5) is 11.2. The first-order valence-corrected chi connectivity index (χ1v) is 18.5. The van der Waals surface area contributed by atoms with Gasteiger partial charge in [-0.05, 0) is 72.4 Å². The fourth-order valence-electron chi connectivity index (χ4n) is 8.24. The van der Waals surface area contributed by atoms with Crippen molar-refractivity contribution < 1.29 is 13.2 Å². The van der Waals surface area contributed by atoms with Gasteiger partial charge in [0, 0.05) is 26.2 Å². The Morgan fingerprint density at radius 2 is 1.53 bits per heavy atom. The molecule has 0 bridgehead atoms. The molecule has 2 heterocycles. The van der Waals surface area contributed by atoms with Crippen molar-refractivity contribution in [1.82, 2.24) is 14.7 Å². The number of halogens is 3. The zero-order valence-corrected chi connectivity index (χ0v) is 28.8. The number of fused-ring (bicyclic) bond motifs is 1. The number of rotatable bonds is 15. The second-order valence-electron chi connectivity index (χ2n) is 14.5. The molecule has 0 unspecified atom stereocenters. The van der Waals surface area contributed by atoms with Crippen LogP contribution < -0.4 is 5.73 Å². The van der Waals surface area contributed by atoms with Crippen molar-refractivity contribution in [1.29, 1.82) is 5.41 Å². The van der Waals surface area contributed by atoms with Crippen LogP contribution in [0.4, 0.5) is 13.2 Å². The van der Waals surface area contributed by atoms with E-state index >= 15 is 0 Å². The molecule has 0 radical (unpaired) electrons. The second kappa shape index (κ2) is 16.3. The second-order valence-corrected chi connectivity index (χ2v) is 14.5. The van der Waals surface area contributed by atoms with Gasteiger partial charge < -0.3 is 20.4 Å². The molecule has 6 nitrogen and oxygen atoms in total. The number of nitrogens with one attached hydrogen (secondary N) is 1.